The molecule has 2 aromatic heterocycles. The number of aromatic nitrogens is 4. The number of amides is 1. The maximum Gasteiger partial charge on any atom is 0.221 e. The largest absolute Gasteiger partial charge is 0.354 e. The van der Waals surface area contributed by atoms with Crippen LogP contribution in [0.1, 0.15) is 6.42 Å². The Bertz CT molecular complexity index is 765. The van der Waals surface area contributed by atoms with E-state index in [1.807, 2.05) is 36.5 Å². The third kappa shape index (κ3) is 3.28. The van der Waals surface area contributed by atoms with E-state index in [2.05, 4.69) is 15.5 Å². The summed E-state index contributed by atoms with van der Waals surface area (Å²) in [6, 6.07) is 9.58. The van der Waals surface area contributed by atoms with Crippen LogP contribution in [0, 0.1) is 0 Å². The van der Waals surface area contributed by atoms with Crippen LogP contribution in [0.4, 0.5) is 0 Å². The van der Waals surface area contributed by atoms with Gasteiger partial charge in [-0.1, -0.05) is 23.7 Å². The average Bonchev–Trinajstić information content (AvgIpc) is 3.14. The molecule has 1 aromatic carbocycles. The fourth-order valence-corrected chi connectivity index (χ4v) is 2.55. The second-order valence-electron chi connectivity index (χ2n) is 4.90. The van der Waals surface area contributed by atoms with Crippen LogP contribution in [0.5, 0.6) is 0 Å². The first-order valence-electron chi connectivity index (χ1n) is 7.09. The van der Waals surface area contributed by atoms with Gasteiger partial charge in [0.05, 0.1) is 18.6 Å². The van der Waals surface area contributed by atoms with E-state index in [-0.39, 0.29) is 5.91 Å². The molecule has 0 unspecified atom stereocenters. The highest BCUT2D eigenvalue weighted by molar-refractivity contribution is 6.34. The van der Waals surface area contributed by atoms with Crippen LogP contribution in [0.15, 0.2) is 42.7 Å². The van der Waals surface area contributed by atoms with Crippen LogP contribution in [0.3, 0.4) is 0 Å². The monoisotopic (exact) mass is 317 g/mol. The predicted octanol–water partition coefficient (Wildman–Crippen LogP) is 2.09. The SMILES string of the molecule is O=C(CCn1nc(Cl)c2ccccc21)NCCn1cccn1. The number of aryl methyl sites for hydroxylation is 1. The van der Waals surface area contributed by atoms with Gasteiger partial charge in [-0.2, -0.15) is 10.2 Å². The number of rotatable bonds is 6. The lowest BCUT2D eigenvalue weighted by Gasteiger charge is -2.06. The topological polar surface area (TPSA) is 64.7 Å². The second kappa shape index (κ2) is 6.62. The molecule has 1 amide bonds. The quantitative estimate of drug-likeness (QED) is 0.757. The molecule has 22 heavy (non-hydrogen) atoms. The number of halogens is 1. The first-order chi connectivity index (χ1) is 10.7. The highest BCUT2D eigenvalue weighted by Crippen LogP contribution is 2.22. The fourth-order valence-electron chi connectivity index (χ4n) is 2.30. The number of benzene rings is 1. The number of carbonyl (C=O) groups excluding carboxylic acids is 1. The minimum Gasteiger partial charge on any atom is -0.354 e. The van der Waals surface area contributed by atoms with Crippen LogP contribution >= 0.6 is 11.6 Å². The Hall–Kier alpha value is -2.34. The standard InChI is InChI=1S/C15H16ClN5O/c16-15-12-4-1-2-5-13(12)21(19-15)10-6-14(22)17-8-11-20-9-3-7-18-20/h1-5,7,9H,6,8,10-11H2,(H,17,22). The minimum atomic E-state index is -0.0112. The molecule has 2 heterocycles. The Kier molecular flexibility index (Phi) is 4.39. The summed E-state index contributed by atoms with van der Waals surface area (Å²) >= 11 is 6.09. The number of fused-ring (bicyclic) bond motifs is 1. The van der Waals surface area contributed by atoms with E-state index in [1.54, 1.807) is 15.6 Å². The van der Waals surface area contributed by atoms with E-state index in [9.17, 15) is 4.79 Å². The minimum absolute atomic E-state index is 0.0112. The van der Waals surface area contributed by atoms with Crippen LogP contribution in [0.2, 0.25) is 5.15 Å². The summed E-state index contributed by atoms with van der Waals surface area (Å²) in [5.74, 6) is -0.0112. The Morgan fingerprint density at radius 2 is 2.09 bits per heavy atom. The number of hydrogen-bond acceptors (Lipinski definition) is 3. The van der Waals surface area contributed by atoms with E-state index in [4.69, 9.17) is 11.6 Å². The molecule has 0 radical (unpaired) electrons. The lowest BCUT2D eigenvalue weighted by Crippen LogP contribution is -2.28. The predicted molar refractivity (Wildman–Crippen MR) is 84.6 cm³/mol. The van der Waals surface area contributed by atoms with Gasteiger partial charge in [-0.05, 0) is 18.2 Å². The zero-order chi connectivity index (χ0) is 15.4. The molecule has 0 saturated heterocycles. The van der Waals surface area contributed by atoms with E-state index < -0.39 is 0 Å². The van der Waals surface area contributed by atoms with Gasteiger partial charge in [-0.3, -0.25) is 14.2 Å². The summed E-state index contributed by atoms with van der Waals surface area (Å²) in [6.45, 7) is 1.72. The zero-order valence-corrected chi connectivity index (χ0v) is 12.7. The van der Waals surface area contributed by atoms with Gasteiger partial charge in [-0.15, -0.1) is 0 Å². The fraction of sp³-hybridized carbons (Fsp3) is 0.267. The van der Waals surface area contributed by atoms with Crippen molar-refractivity contribution in [1.82, 2.24) is 24.9 Å². The summed E-state index contributed by atoms with van der Waals surface area (Å²) in [5.41, 5.74) is 0.942. The summed E-state index contributed by atoms with van der Waals surface area (Å²) in [7, 11) is 0. The second-order valence-corrected chi connectivity index (χ2v) is 5.26. The van der Waals surface area contributed by atoms with Crippen molar-refractivity contribution in [3.8, 4) is 0 Å². The zero-order valence-electron chi connectivity index (χ0n) is 11.9. The normalized spacial score (nSPS) is 11.0. The first-order valence-corrected chi connectivity index (χ1v) is 7.47. The number of para-hydroxylation sites is 1. The molecule has 114 valence electrons. The summed E-state index contributed by atoms with van der Waals surface area (Å²) < 4.78 is 3.55. The van der Waals surface area contributed by atoms with Crippen LogP contribution < -0.4 is 5.32 Å². The third-order valence-electron chi connectivity index (χ3n) is 3.39. The van der Waals surface area contributed by atoms with Gasteiger partial charge in [0.2, 0.25) is 5.91 Å². The molecule has 3 rings (SSSR count). The molecule has 0 spiro atoms. The number of hydrogen-bond donors (Lipinski definition) is 1. The maximum atomic E-state index is 11.9. The van der Waals surface area contributed by atoms with Crippen molar-refractivity contribution >= 4 is 28.4 Å². The van der Waals surface area contributed by atoms with Gasteiger partial charge in [0.15, 0.2) is 5.15 Å². The van der Waals surface area contributed by atoms with Gasteiger partial charge in [0.1, 0.15) is 0 Å². The van der Waals surface area contributed by atoms with Crippen molar-refractivity contribution in [2.24, 2.45) is 0 Å². The molecule has 0 saturated carbocycles. The summed E-state index contributed by atoms with van der Waals surface area (Å²) in [4.78, 5) is 11.9. The summed E-state index contributed by atoms with van der Waals surface area (Å²) in [5, 5.41) is 12.6. The molecule has 1 N–H and O–H groups in total. The lowest BCUT2D eigenvalue weighted by atomic mass is 10.2. The lowest BCUT2D eigenvalue weighted by molar-refractivity contribution is -0.121. The molecule has 0 fully saturated rings. The van der Waals surface area contributed by atoms with Crippen molar-refractivity contribution in [2.75, 3.05) is 6.54 Å². The Balaban J connectivity index is 1.52. The average molecular weight is 318 g/mol. The van der Waals surface area contributed by atoms with Gasteiger partial charge in [-0.25, -0.2) is 0 Å². The molecule has 0 aliphatic heterocycles. The Morgan fingerprint density at radius 3 is 2.91 bits per heavy atom. The van der Waals surface area contributed by atoms with Crippen LogP contribution in [-0.4, -0.2) is 32.0 Å². The molecule has 0 bridgehead atoms. The van der Waals surface area contributed by atoms with E-state index in [1.165, 1.54) is 0 Å². The van der Waals surface area contributed by atoms with E-state index in [0.29, 0.717) is 31.2 Å². The molecule has 0 aliphatic rings. The van der Waals surface area contributed by atoms with Gasteiger partial charge >= 0.3 is 0 Å². The Labute approximate surface area is 132 Å². The van der Waals surface area contributed by atoms with E-state index >= 15 is 0 Å². The van der Waals surface area contributed by atoms with Crippen LogP contribution in [0.25, 0.3) is 10.9 Å². The van der Waals surface area contributed by atoms with Gasteiger partial charge in [0.25, 0.3) is 0 Å². The van der Waals surface area contributed by atoms with Crippen molar-refractivity contribution in [3.63, 3.8) is 0 Å². The molecule has 3 aromatic rings. The third-order valence-corrected chi connectivity index (χ3v) is 3.67. The maximum absolute atomic E-state index is 11.9. The van der Waals surface area contributed by atoms with Crippen molar-refractivity contribution < 1.29 is 4.79 Å². The molecule has 0 atom stereocenters. The highest BCUT2D eigenvalue weighted by Gasteiger charge is 2.09. The molecular formula is C15H16ClN5O. The van der Waals surface area contributed by atoms with Crippen molar-refractivity contribution in [2.45, 2.75) is 19.5 Å². The molecular weight excluding hydrogens is 302 g/mol. The van der Waals surface area contributed by atoms with Crippen LogP contribution in [-0.2, 0) is 17.9 Å². The summed E-state index contributed by atoms with van der Waals surface area (Å²) in [6.07, 6.45) is 3.94. The highest BCUT2D eigenvalue weighted by atomic mass is 35.5. The Morgan fingerprint density at radius 1 is 1.23 bits per heavy atom. The van der Waals surface area contributed by atoms with E-state index in [0.717, 1.165) is 10.9 Å². The number of nitrogens with one attached hydrogen (secondary N) is 1. The first kappa shape index (κ1) is 14.6. The van der Waals surface area contributed by atoms with Gasteiger partial charge in [0, 0.05) is 30.7 Å². The smallest absolute Gasteiger partial charge is 0.221 e. The molecule has 6 nitrogen and oxygen atoms in total. The van der Waals surface area contributed by atoms with Crippen molar-refractivity contribution in [3.05, 3.63) is 47.9 Å². The number of nitrogens with zero attached hydrogens (tertiary/aromatic N) is 4. The number of carbonyl (C=O) groups is 1. The van der Waals surface area contributed by atoms with Gasteiger partial charge < -0.3 is 5.32 Å². The van der Waals surface area contributed by atoms with Crippen molar-refractivity contribution in [1.29, 1.82) is 0 Å². The molecule has 0 aliphatic carbocycles. The molecule has 7 heteroatoms.